The number of benzene rings is 1. The summed E-state index contributed by atoms with van der Waals surface area (Å²) in [6.07, 6.45) is 0. The maximum atomic E-state index is 11.6. The molecule has 0 saturated heterocycles. The number of thioether (sulfide) groups is 1. The van der Waals surface area contributed by atoms with Crippen molar-refractivity contribution in [2.24, 2.45) is 0 Å². The highest BCUT2D eigenvalue weighted by Crippen LogP contribution is 2.26. The number of nitrogens with one attached hydrogen (secondary N) is 1. The highest BCUT2D eigenvalue weighted by Gasteiger charge is 2.09. The van der Waals surface area contributed by atoms with E-state index in [1.165, 1.54) is 11.3 Å². The Morgan fingerprint density at radius 2 is 2.00 bits per heavy atom. The lowest BCUT2D eigenvalue weighted by atomic mass is 10.2. The molecule has 0 aliphatic rings. The van der Waals surface area contributed by atoms with Crippen molar-refractivity contribution in [2.45, 2.75) is 0 Å². The van der Waals surface area contributed by atoms with Crippen LogP contribution in [0, 0.1) is 0 Å². The molecular weight excluding hydrogens is 376 g/mol. The van der Waals surface area contributed by atoms with Crippen molar-refractivity contribution in [1.82, 2.24) is 4.98 Å². The molecule has 0 fully saturated rings. The number of hydrogen-bond donors (Lipinski definition) is 2. The zero-order valence-electron chi connectivity index (χ0n) is 10.7. The number of aliphatic carboxylic acids is 1. The van der Waals surface area contributed by atoms with E-state index < -0.39 is 5.97 Å². The molecule has 0 radical (unpaired) electrons. The average Bonchev–Trinajstić information content (AvgIpc) is 2.87. The van der Waals surface area contributed by atoms with Gasteiger partial charge in [0.25, 0.3) is 0 Å². The Bertz CT molecular complexity index is 643. The quantitative estimate of drug-likeness (QED) is 0.795. The third kappa shape index (κ3) is 5.14. The maximum absolute atomic E-state index is 11.6. The van der Waals surface area contributed by atoms with Crippen LogP contribution < -0.4 is 5.32 Å². The third-order valence-corrected chi connectivity index (χ3v) is 4.55. The predicted molar refractivity (Wildman–Crippen MR) is 88.8 cm³/mol. The topological polar surface area (TPSA) is 79.3 Å². The summed E-state index contributed by atoms with van der Waals surface area (Å²) in [4.78, 5) is 26.3. The molecule has 0 aliphatic heterocycles. The molecule has 0 unspecified atom stereocenters. The second-order valence-corrected chi connectivity index (χ2v) is 6.74. The Labute approximate surface area is 137 Å². The van der Waals surface area contributed by atoms with E-state index >= 15 is 0 Å². The summed E-state index contributed by atoms with van der Waals surface area (Å²) in [6.45, 7) is 0. The van der Waals surface area contributed by atoms with Crippen LogP contribution in [-0.4, -0.2) is 33.5 Å². The van der Waals surface area contributed by atoms with Crippen molar-refractivity contribution in [1.29, 1.82) is 0 Å². The van der Waals surface area contributed by atoms with Crippen LogP contribution in [0.1, 0.15) is 0 Å². The number of hydrogen-bond acceptors (Lipinski definition) is 5. The maximum Gasteiger partial charge on any atom is 0.313 e. The van der Waals surface area contributed by atoms with Crippen LogP contribution in [0.15, 0.2) is 34.1 Å². The molecule has 21 heavy (non-hydrogen) atoms. The molecule has 2 rings (SSSR count). The van der Waals surface area contributed by atoms with Gasteiger partial charge in [-0.1, -0.05) is 28.1 Å². The molecule has 1 aromatic heterocycles. The summed E-state index contributed by atoms with van der Waals surface area (Å²) in [7, 11) is 0. The molecule has 5 nitrogen and oxygen atoms in total. The zero-order chi connectivity index (χ0) is 15.2. The molecule has 0 bridgehead atoms. The van der Waals surface area contributed by atoms with Crippen molar-refractivity contribution in [3.8, 4) is 11.3 Å². The van der Waals surface area contributed by atoms with E-state index in [1.54, 1.807) is 0 Å². The Balaban J connectivity index is 1.92. The summed E-state index contributed by atoms with van der Waals surface area (Å²) in [5, 5.41) is 13.5. The highest BCUT2D eigenvalue weighted by atomic mass is 79.9. The number of nitrogens with zero attached hydrogens (tertiary/aromatic N) is 1. The SMILES string of the molecule is O=C(O)CSCC(=O)Nc1nc(-c2ccc(Br)cc2)cs1. The van der Waals surface area contributed by atoms with Crippen LogP contribution in [-0.2, 0) is 9.59 Å². The van der Waals surface area contributed by atoms with E-state index in [-0.39, 0.29) is 17.4 Å². The molecule has 0 aliphatic carbocycles. The van der Waals surface area contributed by atoms with E-state index in [2.05, 4.69) is 26.2 Å². The molecular formula is C13H11BrN2O3S2. The molecule has 0 saturated carbocycles. The Morgan fingerprint density at radius 3 is 2.67 bits per heavy atom. The minimum atomic E-state index is -0.931. The minimum Gasteiger partial charge on any atom is -0.481 e. The molecule has 2 N–H and O–H groups in total. The van der Waals surface area contributed by atoms with E-state index in [0.29, 0.717) is 5.13 Å². The molecule has 0 spiro atoms. The van der Waals surface area contributed by atoms with Gasteiger partial charge in [0.1, 0.15) is 0 Å². The van der Waals surface area contributed by atoms with Gasteiger partial charge in [0.2, 0.25) is 5.91 Å². The van der Waals surface area contributed by atoms with Gasteiger partial charge in [0.15, 0.2) is 5.13 Å². The fourth-order valence-corrected chi connectivity index (χ4v) is 3.01. The Morgan fingerprint density at radius 1 is 1.29 bits per heavy atom. The summed E-state index contributed by atoms with van der Waals surface area (Å²) in [5.41, 5.74) is 1.76. The van der Waals surface area contributed by atoms with Gasteiger partial charge in [-0.05, 0) is 12.1 Å². The van der Waals surface area contributed by atoms with Crippen molar-refractivity contribution in [2.75, 3.05) is 16.8 Å². The second kappa shape index (κ2) is 7.58. The van der Waals surface area contributed by atoms with Gasteiger partial charge >= 0.3 is 5.97 Å². The standard InChI is InChI=1S/C13H11BrN2O3S2/c14-9-3-1-8(2-4-9)10-5-21-13(15-10)16-11(17)6-20-7-12(18)19/h1-5H,6-7H2,(H,18,19)(H,15,16,17). The van der Waals surface area contributed by atoms with Gasteiger partial charge in [-0.3, -0.25) is 9.59 Å². The first-order chi connectivity index (χ1) is 10.0. The first-order valence-corrected chi connectivity index (χ1v) is 8.68. The summed E-state index contributed by atoms with van der Waals surface area (Å²) < 4.78 is 0.991. The van der Waals surface area contributed by atoms with E-state index in [1.807, 2.05) is 29.6 Å². The fraction of sp³-hybridized carbons (Fsp3) is 0.154. The van der Waals surface area contributed by atoms with Crippen LogP contribution in [0.5, 0.6) is 0 Å². The molecule has 2 aromatic rings. The van der Waals surface area contributed by atoms with Crippen LogP contribution >= 0.6 is 39.0 Å². The number of aromatic nitrogens is 1. The molecule has 8 heteroatoms. The average molecular weight is 387 g/mol. The van der Waals surface area contributed by atoms with Gasteiger partial charge in [0.05, 0.1) is 17.2 Å². The fourth-order valence-electron chi connectivity index (χ4n) is 1.47. The van der Waals surface area contributed by atoms with Gasteiger partial charge in [0, 0.05) is 15.4 Å². The zero-order valence-corrected chi connectivity index (χ0v) is 13.9. The number of halogens is 1. The van der Waals surface area contributed by atoms with Crippen molar-refractivity contribution < 1.29 is 14.7 Å². The number of carboxylic acids is 1. The number of amides is 1. The number of thiazole rings is 1. The van der Waals surface area contributed by atoms with Gasteiger partial charge in [-0.25, -0.2) is 4.98 Å². The number of carbonyl (C=O) groups is 2. The molecule has 1 amide bonds. The number of rotatable bonds is 6. The van der Waals surface area contributed by atoms with Crippen molar-refractivity contribution in [3.63, 3.8) is 0 Å². The molecule has 0 atom stereocenters. The Hall–Kier alpha value is -1.38. The first kappa shape index (κ1) is 16.0. The van der Waals surface area contributed by atoms with Crippen molar-refractivity contribution in [3.05, 3.63) is 34.1 Å². The van der Waals surface area contributed by atoms with E-state index in [9.17, 15) is 9.59 Å². The lowest BCUT2D eigenvalue weighted by Gasteiger charge is -2.00. The van der Waals surface area contributed by atoms with Crippen LogP contribution in [0.2, 0.25) is 0 Å². The largest absolute Gasteiger partial charge is 0.481 e. The predicted octanol–water partition coefficient (Wildman–Crippen LogP) is 3.33. The lowest BCUT2D eigenvalue weighted by molar-refractivity contribution is -0.133. The normalized spacial score (nSPS) is 10.3. The molecule has 1 aromatic carbocycles. The third-order valence-electron chi connectivity index (χ3n) is 2.35. The monoisotopic (exact) mass is 386 g/mol. The van der Waals surface area contributed by atoms with Gasteiger partial charge in [-0.15, -0.1) is 23.1 Å². The minimum absolute atomic E-state index is 0.0879. The molecule has 1 heterocycles. The van der Waals surface area contributed by atoms with Gasteiger partial charge < -0.3 is 10.4 Å². The smallest absolute Gasteiger partial charge is 0.313 e. The number of carbonyl (C=O) groups excluding carboxylic acids is 1. The molecule has 110 valence electrons. The summed E-state index contributed by atoms with van der Waals surface area (Å²) in [5.74, 6) is -1.17. The van der Waals surface area contributed by atoms with Gasteiger partial charge in [-0.2, -0.15) is 0 Å². The summed E-state index contributed by atoms with van der Waals surface area (Å²) >= 11 is 5.76. The first-order valence-electron chi connectivity index (χ1n) is 5.85. The lowest BCUT2D eigenvalue weighted by Crippen LogP contribution is -2.15. The van der Waals surface area contributed by atoms with Crippen LogP contribution in [0.3, 0.4) is 0 Å². The van der Waals surface area contributed by atoms with Crippen LogP contribution in [0.25, 0.3) is 11.3 Å². The second-order valence-electron chi connectivity index (χ2n) is 3.98. The van der Waals surface area contributed by atoms with E-state index in [4.69, 9.17) is 5.11 Å². The summed E-state index contributed by atoms with van der Waals surface area (Å²) in [6, 6.07) is 7.73. The van der Waals surface area contributed by atoms with Crippen molar-refractivity contribution >= 4 is 56.0 Å². The number of carboxylic acid groups (broad SMARTS) is 1. The highest BCUT2D eigenvalue weighted by molar-refractivity contribution is 9.10. The Kier molecular flexibility index (Phi) is 5.77. The number of anilines is 1. The van der Waals surface area contributed by atoms with Crippen LogP contribution in [0.4, 0.5) is 5.13 Å². The van der Waals surface area contributed by atoms with E-state index in [0.717, 1.165) is 27.5 Å².